The van der Waals surface area contributed by atoms with Crippen LogP contribution < -0.4 is 5.32 Å². The number of benzene rings is 1. The number of carbonyl (C=O) groups excluding carboxylic acids is 1. The molecule has 0 spiro atoms. The normalized spacial score (nSPS) is 17.7. The number of carbonyl (C=O) groups is 1. The number of hydrogen-bond donors (Lipinski definition) is 2. The van der Waals surface area contributed by atoms with Crippen LogP contribution in [0.2, 0.25) is 0 Å². The molecule has 128 valence electrons. The van der Waals surface area contributed by atoms with Gasteiger partial charge in [-0.3, -0.25) is 4.90 Å². The number of piperidine rings is 1. The van der Waals surface area contributed by atoms with Crippen LogP contribution in [0.1, 0.15) is 25.3 Å². The van der Waals surface area contributed by atoms with Crippen molar-refractivity contribution in [1.29, 1.82) is 0 Å². The summed E-state index contributed by atoms with van der Waals surface area (Å²) in [5.41, 5.74) is 0.714. The summed E-state index contributed by atoms with van der Waals surface area (Å²) < 4.78 is 13.7. The van der Waals surface area contributed by atoms with Crippen LogP contribution in [0.15, 0.2) is 24.3 Å². The maximum Gasteiger partial charge on any atom is 0.317 e. The zero-order chi connectivity index (χ0) is 16.8. The number of halogens is 1. The van der Waals surface area contributed by atoms with E-state index in [1.54, 1.807) is 20.0 Å². The van der Waals surface area contributed by atoms with E-state index in [0.717, 1.165) is 25.9 Å². The predicted molar refractivity (Wildman–Crippen MR) is 87.5 cm³/mol. The highest BCUT2D eigenvalue weighted by molar-refractivity contribution is 5.74. The molecule has 0 aromatic heterocycles. The van der Waals surface area contributed by atoms with E-state index in [0.29, 0.717) is 18.7 Å². The zero-order valence-corrected chi connectivity index (χ0v) is 13.8. The standard InChI is InChI=1S/C17H26FN3O2/c1-13(22)11-20(2)17(23)19-15-7-9-21(10-8-15)12-14-5-3-4-6-16(14)18/h3-6,13,15,22H,7-12H2,1-2H3,(H,19,23). The summed E-state index contributed by atoms with van der Waals surface area (Å²) in [5, 5.41) is 12.3. The summed E-state index contributed by atoms with van der Waals surface area (Å²) >= 11 is 0. The second kappa shape index (κ2) is 8.26. The Kier molecular flexibility index (Phi) is 6.36. The quantitative estimate of drug-likeness (QED) is 0.869. The lowest BCUT2D eigenvalue weighted by Gasteiger charge is -2.33. The van der Waals surface area contributed by atoms with Crippen molar-refractivity contribution in [3.63, 3.8) is 0 Å². The van der Waals surface area contributed by atoms with Gasteiger partial charge in [0, 0.05) is 44.8 Å². The molecule has 1 saturated heterocycles. The number of urea groups is 1. The van der Waals surface area contributed by atoms with E-state index in [1.807, 2.05) is 12.1 Å². The third-order valence-electron chi connectivity index (χ3n) is 4.15. The number of nitrogens with one attached hydrogen (secondary N) is 1. The molecule has 1 fully saturated rings. The Balaban J connectivity index is 1.76. The fraction of sp³-hybridized carbons (Fsp3) is 0.588. The summed E-state index contributed by atoms with van der Waals surface area (Å²) in [7, 11) is 1.68. The molecular weight excluding hydrogens is 297 g/mol. The predicted octanol–water partition coefficient (Wildman–Crippen LogP) is 1.81. The van der Waals surface area contributed by atoms with Gasteiger partial charge in [-0.05, 0) is 25.8 Å². The second-order valence-electron chi connectivity index (χ2n) is 6.32. The van der Waals surface area contributed by atoms with Crippen LogP contribution in [0.25, 0.3) is 0 Å². The van der Waals surface area contributed by atoms with Crippen LogP contribution in [-0.4, -0.2) is 59.8 Å². The minimum atomic E-state index is -0.534. The Morgan fingerprint density at radius 1 is 1.43 bits per heavy atom. The van der Waals surface area contributed by atoms with Gasteiger partial charge in [-0.25, -0.2) is 9.18 Å². The van der Waals surface area contributed by atoms with Crippen molar-refractivity contribution >= 4 is 6.03 Å². The van der Waals surface area contributed by atoms with Gasteiger partial charge in [0.05, 0.1) is 6.10 Å². The minimum Gasteiger partial charge on any atom is -0.392 e. The molecule has 1 heterocycles. The minimum absolute atomic E-state index is 0.135. The molecule has 1 atom stereocenters. The fourth-order valence-electron chi connectivity index (χ4n) is 2.87. The Labute approximate surface area is 137 Å². The van der Waals surface area contributed by atoms with E-state index in [2.05, 4.69) is 10.2 Å². The molecular formula is C17H26FN3O2. The lowest BCUT2D eigenvalue weighted by Crippen LogP contribution is -2.49. The lowest BCUT2D eigenvalue weighted by atomic mass is 10.0. The van der Waals surface area contributed by atoms with Crippen molar-refractivity contribution in [2.75, 3.05) is 26.7 Å². The lowest BCUT2D eigenvalue weighted by molar-refractivity contribution is 0.137. The highest BCUT2D eigenvalue weighted by atomic mass is 19.1. The van der Waals surface area contributed by atoms with Gasteiger partial charge in [0.2, 0.25) is 0 Å². The number of amides is 2. The summed E-state index contributed by atoms with van der Waals surface area (Å²) in [4.78, 5) is 15.7. The van der Waals surface area contributed by atoms with Gasteiger partial charge in [-0.15, -0.1) is 0 Å². The highest BCUT2D eigenvalue weighted by Gasteiger charge is 2.22. The van der Waals surface area contributed by atoms with E-state index in [4.69, 9.17) is 0 Å². The number of aliphatic hydroxyl groups is 1. The van der Waals surface area contributed by atoms with Crippen LogP contribution in [-0.2, 0) is 6.54 Å². The number of likely N-dealkylation sites (N-methyl/N-ethyl adjacent to an activating group) is 1. The Morgan fingerprint density at radius 3 is 2.70 bits per heavy atom. The maximum absolute atomic E-state index is 13.7. The van der Waals surface area contributed by atoms with Gasteiger partial charge in [0.25, 0.3) is 0 Å². The Morgan fingerprint density at radius 2 is 2.09 bits per heavy atom. The number of likely N-dealkylation sites (tertiary alicyclic amines) is 1. The fourth-order valence-corrected chi connectivity index (χ4v) is 2.87. The molecule has 1 unspecified atom stereocenters. The topological polar surface area (TPSA) is 55.8 Å². The van der Waals surface area contributed by atoms with Crippen LogP contribution in [0.3, 0.4) is 0 Å². The average Bonchev–Trinajstić information content (AvgIpc) is 2.50. The number of nitrogens with zero attached hydrogens (tertiary/aromatic N) is 2. The van der Waals surface area contributed by atoms with Crippen LogP contribution in [0.5, 0.6) is 0 Å². The van der Waals surface area contributed by atoms with E-state index in [-0.39, 0.29) is 17.9 Å². The van der Waals surface area contributed by atoms with Crippen molar-refractivity contribution in [2.45, 2.75) is 38.5 Å². The van der Waals surface area contributed by atoms with E-state index in [1.165, 1.54) is 11.0 Å². The third-order valence-corrected chi connectivity index (χ3v) is 4.15. The molecule has 23 heavy (non-hydrogen) atoms. The number of hydrogen-bond acceptors (Lipinski definition) is 3. The third kappa shape index (κ3) is 5.48. The van der Waals surface area contributed by atoms with Crippen molar-refractivity contribution in [2.24, 2.45) is 0 Å². The molecule has 1 aliphatic rings. The summed E-state index contributed by atoms with van der Waals surface area (Å²) in [6, 6.07) is 6.83. The molecule has 2 rings (SSSR count). The zero-order valence-electron chi connectivity index (χ0n) is 13.8. The van der Waals surface area contributed by atoms with Gasteiger partial charge in [-0.1, -0.05) is 18.2 Å². The van der Waals surface area contributed by atoms with Gasteiger partial charge >= 0.3 is 6.03 Å². The molecule has 1 aliphatic heterocycles. The Bertz CT molecular complexity index is 516. The van der Waals surface area contributed by atoms with E-state index in [9.17, 15) is 14.3 Å². The van der Waals surface area contributed by atoms with Crippen LogP contribution in [0, 0.1) is 5.82 Å². The second-order valence-corrected chi connectivity index (χ2v) is 6.32. The summed E-state index contributed by atoms with van der Waals surface area (Å²) in [6.07, 6.45) is 1.17. The molecule has 0 bridgehead atoms. The smallest absolute Gasteiger partial charge is 0.317 e. The van der Waals surface area contributed by atoms with Crippen molar-refractivity contribution in [3.05, 3.63) is 35.6 Å². The first-order valence-corrected chi connectivity index (χ1v) is 8.11. The first-order valence-electron chi connectivity index (χ1n) is 8.11. The van der Waals surface area contributed by atoms with Crippen molar-refractivity contribution < 1.29 is 14.3 Å². The summed E-state index contributed by atoms with van der Waals surface area (Å²) in [5.74, 6) is -0.164. The molecule has 1 aromatic rings. The van der Waals surface area contributed by atoms with Crippen molar-refractivity contribution in [3.8, 4) is 0 Å². The molecule has 2 amide bonds. The molecule has 5 nitrogen and oxygen atoms in total. The van der Waals surface area contributed by atoms with Crippen molar-refractivity contribution in [1.82, 2.24) is 15.1 Å². The molecule has 0 radical (unpaired) electrons. The largest absolute Gasteiger partial charge is 0.392 e. The number of aliphatic hydroxyl groups excluding tert-OH is 1. The first-order chi connectivity index (χ1) is 11.0. The van der Waals surface area contributed by atoms with Gasteiger partial charge in [-0.2, -0.15) is 0 Å². The molecule has 6 heteroatoms. The molecule has 0 saturated carbocycles. The molecule has 0 aliphatic carbocycles. The monoisotopic (exact) mass is 323 g/mol. The first kappa shape index (κ1) is 17.7. The molecule has 1 aromatic carbocycles. The Hall–Kier alpha value is -1.66. The van der Waals surface area contributed by atoms with Gasteiger partial charge in [0.15, 0.2) is 0 Å². The summed E-state index contributed by atoms with van der Waals surface area (Å²) in [6.45, 7) is 4.25. The van der Waals surface area contributed by atoms with E-state index < -0.39 is 6.10 Å². The maximum atomic E-state index is 13.7. The van der Waals surface area contributed by atoms with Gasteiger partial charge < -0.3 is 15.3 Å². The highest BCUT2D eigenvalue weighted by Crippen LogP contribution is 2.16. The molecule has 2 N–H and O–H groups in total. The van der Waals surface area contributed by atoms with Gasteiger partial charge in [0.1, 0.15) is 5.82 Å². The van der Waals surface area contributed by atoms with Crippen LogP contribution in [0.4, 0.5) is 9.18 Å². The average molecular weight is 323 g/mol. The number of rotatable bonds is 5. The van der Waals surface area contributed by atoms with Crippen LogP contribution >= 0.6 is 0 Å². The SMILES string of the molecule is CC(O)CN(C)C(=O)NC1CCN(Cc2ccccc2F)CC1. The van der Waals surface area contributed by atoms with E-state index >= 15 is 0 Å².